The van der Waals surface area contributed by atoms with Gasteiger partial charge in [0.1, 0.15) is 6.04 Å². The van der Waals surface area contributed by atoms with E-state index in [0.717, 1.165) is 17.5 Å². The predicted octanol–water partition coefficient (Wildman–Crippen LogP) is 4.15. The third kappa shape index (κ3) is 9.28. The van der Waals surface area contributed by atoms with Crippen LogP contribution >= 0.6 is 11.6 Å². The maximum absolute atomic E-state index is 13.2. The molecule has 0 aliphatic heterocycles. The molecule has 7 nitrogen and oxygen atoms in total. The summed E-state index contributed by atoms with van der Waals surface area (Å²) < 4.78 is 26.7. The van der Waals surface area contributed by atoms with Crippen molar-refractivity contribution in [1.82, 2.24) is 14.9 Å². The molecule has 0 bridgehead atoms. The molecular weight excluding hydrogens is 486 g/mol. The molecule has 2 N–H and O–H groups in total. The minimum absolute atomic E-state index is 0.157. The van der Waals surface area contributed by atoms with Gasteiger partial charge in [-0.15, -0.1) is 0 Å². The van der Waals surface area contributed by atoms with Crippen LogP contribution in [0.5, 0.6) is 0 Å². The minimum Gasteiger partial charge on any atom is -0.354 e. The van der Waals surface area contributed by atoms with Crippen molar-refractivity contribution >= 4 is 33.4 Å². The Balaban J connectivity index is 2.10. The monoisotopic (exact) mass is 521 g/mol. The lowest BCUT2D eigenvalue weighted by atomic mass is 10.1. The van der Waals surface area contributed by atoms with Crippen LogP contribution in [0.4, 0.5) is 0 Å². The number of aryl methyl sites for hydroxylation is 1. The van der Waals surface area contributed by atoms with Gasteiger partial charge in [-0.05, 0) is 61.1 Å². The summed E-state index contributed by atoms with van der Waals surface area (Å²) in [5.41, 5.74) is 1.72. The molecule has 0 heterocycles. The number of sulfonamides is 1. The fourth-order valence-corrected chi connectivity index (χ4v) is 4.67. The molecule has 0 fully saturated rings. The first kappa shape index (κ1) is 28.8. The molecule has 0 radical (unpaired) electrons. The molecule has 9 heteroatoms. The Morgan fingerprint density at radius 1 is 0.971 bits per heavy atom. The Hall–Kier alpha value is -2.42. The maximum atomic E-state index is 13.2. The van der Waals surface area contributed by atoms with Gasteiger partial charge in [0, 0.05) is 31.1 Å². The Labute approximate surface area is 214 Å². The van der Waals surface area contributed by atoms with Gasteiger partial charge in [0.05, 0.1) is 4.90 Å². The first-order valence-corrected chi connectivity index (χ1v) is 13.8. The summed E-state index contributed by atoms with van der Waals surface area (Å²) >= 11 is 5.99. The molecule has 192 valence electrons. The number of halogens is 1. The van der Waals surface area contributed by atoms with Gasteiger partial charge in [-0.2, -0.15) is 0 Å². The molecule has 0 spiro atoms. The van der Waals surface area contributed by atoms with Crippen LogP contribution in [-0.2, 0) is 32.6 Å². The lowest BCUT2D eigenvalue weighted by molar-refractivity contribution is -0.140. The van der Waals surface area contributed by atoms with Crippen LogP contribution in [0.3, 0.4) is 0 Å². The van der Waals surface area contributed by atoms with E-state index >= 15 is 0 Å². The van der Waals surface area contributed by atoms with Crippen LogP contribution in [0.15, 0.2) is 53.4 Å². The smallest absolute Gasteiger partial charge is 0.242 e. The van der Waals surface area contributed by atoms with Gasteiger partial charge >= 0.3 is 0 Å². The van der Waals surface area contributed by atoms with Crippen molar-refractivity contribution in [3.8, 4) is 0 Å². The molecule has 1 atom stereocenters. The zero-order valence-electron chi connectivity index (χ0n) is 20.9. The Morgan fingerprint density at radius 3 is 2.14 bits per heavy atom. The number of benzene rings is 2. The van der Waals surface area contributed by atoms with Crippen LogP contribution in [0, 0.1) is 5.92 Å². The minimum atomic E-state index is -3.52. The highest BCUT2D eigenvalue weighted by atomic mass is 35.5. The van der Waals surface area contributed by atoms with E-state index in [4.69, 9.17) is 11.6 Å². The van der Waals surface area contributed by atoms with E-state index in [1.54, 1.807) is 43.0 Å². The topological polar surface area (TPSA) is 95.6 Å². The standard InChI is InChI=1S/C26H36ClN3O4S/c1-5-29-35(33,34)24-13-8-21(9-14-24)10-15-25(31)30(18-22-6-11-23(27)12-7-22)20(4)26(32)28-17-16-19(2)3/h6-9,11-14,19-20,29H,5,10,15-18H2,1-4H3,(H,28,32)/t20-/m0/s1. The summed E-state index contributed by atoms with van der Waals surface area (Å²) in [5.74, 6) is 0.123. The number of hydrogen-bond donors (Lipinski definition) is 2. The summed E-state index contributed by atoms with van der Waals surface area (Å²) in [6.07, 6.45) is 1.48. The van der Waals surface area contributed by atoms with Crippen molar-refractivity contribution in [3.63, 3.8) is 0 Å². The summed E-state index contributed by atoms with van der Waals surface area (Å²) in [7, 11) is -3.52. The first-order chi connectivity index (χ1) is 16.5. The lowest BCUT2D eigenvalue weighted by Gasteiger charge is -2.29. The van der Waals surface area contributed by atoms with Gasteiger partial charge in [0.25, 0.3) is 0 Å². The number of hydrogen-bond acceptors (Lipinski definition) is 4. The third-order valence-electron chi connectivity index (χ3n) is 5.65. The number of carbonyl (C=O) groups is 2. The summed E-state index contributed by atoms with van der Waals surface area (Å²) in [6.45, 7) is 8.80. The predicted molar refractivity (Wildman–Crippen MR) is 140 cm³/mol. The second-order valence-electron chi connectivity index (χ2n) is 8.94. The van der Waals surface area contributed by atoms with Gasteiger partial charge in [0.15, 0.2) is 0 Å². The van der Waals surface area contributed by atoms with Crippen LogP contribution in [0.2, 0.25) is 5.02 Å². The van der Waals surface area contributed by atoms with E-state index in [1.165, 1.54) is 12.1 Å². The number of rotatable bonds is 13. The van der Waals surface area contributed by atoms with E-state index in [2.05, 4.69) is 23.9 Å². The van der Waals surface area contributed by atoms with Gasteiger partial charge in [-0.3, -0.25) is 9.59 Å². The van der Waals surface area contributed by atoms with Crippen LogP contribution in [0.25, 0.3) is 0 Å². The summed E-state index contributed by atoms with van der Waals surface area (Å²) in [6, 6.07) is 13.1. The van der Waals surface area contributed by atoms with E-state index < -0.39 is 16.1 Å². The summed E-state index contributed by atoms with van der Waals surface area (Å²) in [4.78, 5) is 27.8. The van der Waals surface area contributed by atoms with Gasteiger partial charge in [-0.25, -0.2) is 13.1 Å². The molecular formula is C26H36ClN3O4S. The highest BCUT2D eigenvalue weighted by Gasteiger charge is 2.26. The van der Waals surface area contributed by atoms with E-state index in [1.807, 2.05) is 12.1 Å². The van der Waals surface area contributed by atoms with Gasteiger partial charge < -0.3 is 10.2 Å². The van der Waals surface area contributed by atoms with Crippen molar-refractivity contribution in [2.24, 2.45) is 5.92 Å². The number of amides is 2. The average Bonchev–Trinajstić information content (AvgIpc) is 2.81. The number of nitrogens with zero attached hydrogens (tertiary/aromatic N) is 1. The molecule has 0 aliphatic carbocycles. The zero-order chi connectivity index (χ0) is 26.0. The molecule has 0 saturated heterocycles. The van der Waals surface area contributed by atoms with Crippen molar-refractivity contribution < 1.29 is 18.0 Å². The molecule has 0 aromatic heterocycles. The molecule has 2 aromatic carbocycles. The SMILES string of the molecule is CCNS(=O)(=O)c1ccc(CCC(=O)N(Cc2ccc(Cl)cc2)[C@@H](C)C(=O)NCCC(C)C)cc1. The molecule has 35 heavy (non-hydrogen) atoms. The lowest BCUT2D eigenvalue weighted by Crippen LogP contribution is -2.48. The van der Waals surface area contributed by atoms with Gasteiger partial charge in [0.2, 0.25) is 21.8 Å². The zero-order valence-corrected chi connectivity index (χ0v) is 22.5. The van der Waals surface area contributed by atoms with Crippen LogP contribution in [0.1, 0.15) is 51.7 Å². The molecule has 2 amide bonds. The third-order valence-corrected chi connectivity index (χ3v) is 7.46. The Bertz CT molecular complexity index is 1070. The largest absolute Gasteiger partial charge is 0.354 e. The summed E-state index contributed by atoms with van der Waals surface area (Å²) in [5, 5.41) is 3.53. The second-order valence-corrected chi connectivity index (χ2v) is 11.1. The molecule has 2 rings (SSSR count). The highest BCUT2D eigenvalue weighted by Crippen LogP contribution is 2.17. The normalized spacial score (nSPS) is 12.4. The Kier molecular flexibility index (Phi) is 11.2. The molecule has 0 unspecified atom stereocenters. The van der Waals surface area contributed by atoms with Crippen molar-refractivity contribution in [3.05, 3.63) is 64.7 Å². The van der Waals surface area contributed by atoms with Gasteiger partial charge in [-0.1, -0.05) is 56.6 Å². The van der Waals surface area contributed by atoms with E-state index in [0.29, 0.717) is 30.5 Å². The maximum Gasteiger partial charge on any atom is 0.242 e. The molecule has 0 aliphatic rings. The van der Waals surface area contributed by atoms with Crippen LogP contribution < -0.4 is 10.0 Å². The van der Waals surface area contributed by atoms with Crippen molar-refractivity contribution in [2.45, 2.75) is 64.4 Å². The van der Waals surface area contributed by atoms with E-state index in [-0.39, 0.29) is 29.7 Å². The van der Waals surface area contributed by atoms with E-state index in [9.17, 15) is 18.0 Å². The first-order valence-electron chi connectivity index (χ1n) is 11.9. The van der Waals surface area contributed by atoms with Crippen molar-refractivity contribution in [1.29, 1.82) is 0 Å². The second kappa shape index (κ2) is 13.6. The fraction of sp³-hybridized carbons (Fsp3) is 0.462. The molecule has 0 saturated carbocycles. The quantitative estimate of drug-likeness (QED) is 0.414. The van der Waals surface area contributed by atoms with Crippen LogP contribution in [-0.4, -0.2) is 44.3 Å². The average molecular weight is 522 g/mol. The number of carbonyl (C=O) groups excluding carboxylic acids is 2. The fourth-order valence-electron chi connectivity index (χ4n) is 3.50. The van der Waals surface area contributed by atoms with Crippen molar-refractivity contribution in [2.75, 3.05) is 13.1 Å². The highest BCUT2D eigenvalue weighted by molar-refractivity contribution is 7.89. The number of nitrogens with one attached hydrogen (secondary N) is 2. The molecule has 2 aromatic rings. The Morgan fingerprint density at radius 2 is 1.57 bits per heavy atom.